The van der Waals surface area contributed by atoms with Crippen molar-refractivity contribution in [1.82, 2.24) is 9.80 Å². The van der Waals surface area contributed by atoms with Gasteiger partial charge in [0.15, 0.2) is 11.5 Å². The molecule has 0 saturated carbocycles. The molecule has 0 aromatic heterocycles. The molecule has 1 fully saturated rings. The highest BCUT2D eigenvalue weighted by atomic mass is 16.6. The van der Waals surface area contributed by atoms with Crippen LogP contribution in [0.2, 0.25) is 0 Å². The van der Waals surface area contributed by atoms with Crippen molar-refractivity contribution in [1.29, 1.82) is 0 Å². The Hall–Kier alpha value is -2.44. The number of carbonyl (C=O) groups excluding carboxylic acids is 2. The highest BCUT2D eigenvalue weighted by Gasteiger charge is 2.32. The molecule has 7 nitrogen and oxygen atoms in total. The Morgan fingerprint density at radius 1 is 1.21 bits per heavy atom. The van der Waals surface area contributed by atoms with Crippen LogP contribution in [0, 0.1) is 0 Å². The first-order valence-electron chi connectivity index (χ1n) is 9.90. The predicted molar refractivity (Wildman–Crippen MR) is 105 cm³/mol. The molecule has 1 unspecified atom stereocenters. The molecule has 2 amide bonds. The predicted octanol–water partition coefficient (Wildman–Crippen LogP) is 3.32. The van der Waals surface area contributed by atoms with Gasteiger partial charge in [-0.15, -0.1) is 0 Å². The number of benzene rings is 1. The summed E-state index contributed by atoms with van der Waals surface area (Å²) in [7, 11) is 1.76. The molecule has 1 aromatic rings. The maximum atomic E-state index is 13.1. The number of rotatable bonds is 3. The van der Waals surface area contributed by atoms with E-state index in [2.05, 4.69) is 0 Å². The van der Waals surface area contributed by atoms with Crippen LogP contribution < -0.4 is 9.47 Å². The summed E-state index contributed by atoms with van der Waals surface area (Å²) >= 11 is 0. The third-order valence-corrected chi connectivity index (χ3v) is 4.88. The van der Waals surface area contributed by atoms with E-state index in [1.54, 1.807) is 35.0 Å². The van der Waals surface area contributed by atoms with Crippen LogP contribution in [0.5, 0.6) is 11.5 Å². The number of fused-ring (bicyclic) bond motifs is 1. The van der Waals surface area contributed by atoms with Gasteiger partial charge in [0, 0.05) is 20.1 Å². The fourth-order valence-corrected chi connectivity index (χ4v) is 3.60. The number of nitrogens with zero attached hydrogens (tertiary/aromatic N) is 2. The molecule has 28 heavy (non-hydrogen) atoms. The summed E-state index contributed by atoms with van der Waals surface area (Å²) in [6.45, 7) is 7.59. The van der Waals surface area contributed by atoms with Crippen LogP contribution in [0.25, 0.3) is 0 Å². The van der Waals surface area contributed by atoms with E-state index in [1.165, 1.54) is 0 Å². The molecule has 1 saturated heterocycles. The summed E-state index contributed by atoms with van der Waals surface area (Å²) in [5, 5.41) is 0. The molecule has 0 bridgehead atoms. The van der Waals surface area contributed by atoms with Gasteiger partial charge >= 0.3 is 6.09 Å². The van der Waals surface area contributed by atoms with Crippen LogP contribution in [0.4, 0.5) is 4.79 Å². The first-order chi connectivity index (χ1) is 13.3. The van der Waals surface area contributed by atoms with Crippen molar-refractivity contribution in [3.05, 3.63) is 23.8 Å². The zero-order valence-corrected chi connectivity index (χ0v) is 17.2. The van der Waals surface area contributed by atoms with Gasteiger partial charge in [0.2, 0.25) is 0 Å². The minimum absolute atomic E-state index is 0.0609. The van der Waals surface area contributed by atoms with Crippen LogP contribution in [-0.2, 0) is 4.74 Å². The van der Waals surface area contributed by atoms with Gasteiger partial charge in [-0.05, 0) is 52.2 Å². The monoisotopic (exact) mass is 390 g/mol. The van der Waals surface area contributed by atoms with Crippen LogP contribution in [-0.4, -0.2) is 66.8 Å². The van der Waals surface area contributed by atoms with E-state index in [0.717, 1.165) is 19.3 Å². The number of piperidine rings is 1. The maximum absolute atomic E-state index is 13.1. The normalized spacial score (nSPS) is 19.1. The van der Waals surface area contributed by atoms with Crippen LogP contribution in [0.1, 0.15) is 50.4 Å². The van der Waals surface area contributed by atoms with Gasteiger partial charge in [-0.25, -0.2) is 4.79 Å². The first kappa shape index (κ1) is 20.3. The third-order valence-electron chi connectivity index (χ3n) is 4.88. The van der Waals surface area contributed by atoms with Crippen molar-refractivity contribution in [2.24, 2.45) is 0 Å². The van der Waals surface area contributed by atoms with E-state index < -0.39 is 5.60 Å². The SMILES string of the molecule is CN(CC1CCCCN1C(=O)OC(C)(C)C)C(=O)c1cccc2c1OCCO2. The zero-order chi connectivity index (χ0) is 20.3. The molecular weight excluding hydrogens is 360 g/mol. The van der Waals surface area contributed by atoms with Crippen molar-refractivity contribution in [3.8, 4) is 11.5 Å². The van der Waals surface area contributed by atoms with Crippen molar-refractivity contribution >= 4 is 12.0 Å². The number of para-hydroxylation sites is 1. The standard InChI is InChI=1S/C21H30N2O5/c1-21(2,3)28-20(25)23-11-6-5-8-15(23)14-22(4)19(24)16-9-7-10-17-18(16)27-13-12-26-17/h7,9-10,15H,5-6,8,11-14H2,1-4H3. The summed E-state index contributed by atoms with van der Waals surface area (Å²) in [4.78, 5) is 29.1. The summed E-state index contributed by atoms with van der Waals surface area (Å²) in [6.07, 6.45) is 2.52. The zero-order valence-electron chi connectivity index (χ0n) is 17.2. The Labute approximate surface area is 166 Å². The molecule has 1 aromatic carbocycles. The Balaban J connectivity index is 1.71. The molecule has 1 atom stereocenters. The lowest BCUT2D eigenvalue weighted by molar-refractivity contribution is 0.00601. The number of likely N-dealkylation sites (N-methyl/N-ethyl adjacent to an activating group) is 1. The smallest absolute Gasteiger partial charge is 0.410 e. The largest absolute Gasteiger partial charge is 0.486 e. The number of amides is 2. The summed E-state index contributed by atoms with van der Waals surface area (Å²) in [6, 6.07) is 5.28. The number of ether oxygens (including phenoxy) is 3. The van der Waals surface area contributed by atoms with Crippen LogP contribution in [0.15, 0.2) is 18.2 Å². The Morgan fingerprint density at radius 2 is 1.96 bits per heavy atom. The van der Waals surface area contributed by atoms with Gasteiger partial charge in [-0.1, -0.05) is 6.07 Å². The highest BCUT2D eigenvalue weighted by Crippen LogP contribution is 2.34. The first-order valence-corrected chi connectivity index (χ1v) is 9.90. The molecule has 0 radical (unpaired) electrons. The molecule has 2 heterocycles. The summed E-state index contributed by atoms with van der Waals surface area (Å²) in [5.41, 5.74) is -0.0549. The topological polar surface area (TPSA) is 68.3 Å². The van der Waals surface area contributed by atoms with Crippen molar-refractivity contribution in [2.45, 2.75) is 51.7 Å². The second-order valence-electron chi connectivity index (χ2n) is 8.34. The lowest BCUT2D eigenvalue weighted by Gasteiger charge is -2.38. The highest BCUT2D eigenvalue weighted by molar-refractivity contribution is 5.97. The number of hydrogen-bond acceptors (Lipinski definition) is 5. The third kappa shape index (κ3) is 4.69. The Bertz CT molecular complexity index is 728. The van der Waals surface area contributed by atoms with Gasteiger partial charge in [0.1, 0.15) is 18.8 Å². The van der Waals surface area contributed by atoms with E-state index in [-0.39, 0.29) is 18.0 Å². The summed E-state index contributed by atoms with van der Waals surface area (Å²) in [5.74, 6) is 0.953. The molecule has 2 aliphatic heterocycles. The Kier molecular flexibility index (Phi) is 6.01. The van der Waals surface area contributed by atoms with Crippen molar-refractivity contribution < 1.29 is 23.8 Å². The molecule has 7 heteroatoms. The maximum Gasteiger partial charge on any atom is 0.410 e. The second kappa shape index (κ2) is 8.29. The van der Waals surface area contributed by atoms with Gasteiger partial charge in [0.05, 0.1) is 11.6 Å². The van der Waals surface area contributed by atoms with E-state index >= 15 is 0 Å². The van der Waals surface area contributed by atoms with Gasteiger partial charge in [-0.2, -0.15) is 0 Å². The molecule has 0 N–H and O–H groups in total. The van der Waals surface area contributed by atoms with Crippen LogP contribution in [0.3, 0.4) is 0 Å². The molecule has 2 aliphatic rings. The lowest BCUT2D eigenvalue weighted by Crippen LogP contribution is -2.51. The van der Waals surface area contributed by atoms with E-state index in [4.69, 9.17) is 14.2 Å². The van der Waals surface area contributed by atoms with Crippen molar-refractivity contribution in [2.75, 3.05) is 33.4 Å². The van der Waals surface area contributed by atoms with Crippen molar-refractivity contribution in [3.63, 3.8) is 0 Å². The second-order valence-corrected chi connectivity index (χ2v) is 8.34. The van der Waals surface area contributed by atoms with E-state index in [0.29, 0.717) is 43.4 Å². The molecule has 154 valence electrons. The number of carbonyl (C=O) groups is 2. The minimum Gasteiger partial charge on any atom is -0.486 e. The molecule has 3 rings (SSSR count). The average Bonchev–Trinajstić information content (AvgIpc) is 2.66. The molecule has 0 spiro atoms. The Morgan fingerprint density at radius 3 is 2.71 bits per heavy atom. The quantitative estimate of drug-likeness (QED) is 0.792. The molecule has 0 aliphatic carbocycles. The minimum atomic E-state index is -0.540. The fraction of sp³-hybridized carbons (Fsp3) is 0.619. The van der Waals surface area contributed by atoms with Gasteiger partial charge in [-0.3, -0.25) is 4.79 Å². The molecular formula is C21H30N2O5. The average molecular weight is 390 g/mol. The lowest BCUT2D eigenvalue weighted by atomic mass is 10.0. The number of hydrogen-bond donors (Lipinski definition) is 0. The van der Waals surface area contributed by atoms with Crippen LogP contribution >= 0.6 is 0 Å². The van der Waals surface area contributed by atoms with E-state index in [9.17, 15) is 9.59 Å². The fourth-order valence-electron chi connectivity index (χ4n) is 3.60. The van der Waals surface area contributed by atoms with E-state index in [1.807, 2.05) is 20.8 Å². The summed E-state index contributed by atoms with van der Waals surface area (Å²) < 4.78 is 16.8. The number of likely N-dealkylation sites (tertiary alicyclic amines) is 1. The van der Waals surface area contributed by atoms with Gasteiger partial charge in [0.25, 0.3) is 5.91 Å². The van der Waals surface area contributed by atoms with Gasteiger partial charge < -0.3 is 24.0 Å².